The first-order chi connectivity index (χ1) is 11.2. The third-order valence-corrected chi connectivity index (χ3v) is 4.86. The van der Waals surface area contributed by atoms with Crippen LogP contribution in [0, 0.1) is 5.92 Å². The summed E-state index contributed by atoms with van der Waals surface area (Å²) in [6.45, 7) is 0. The van der Waals surface area contributed by atoms with Gasteiger partial charge < -0.3 is 14.7 Å². The Balaban J connectivity index is 1.75. The number of fused-ring (bicyclic) bond motifs is 3. The van der Waals surface area contributed by atoms with Crippen molar-refractivity contribution in [2.45, 2.75) is 31.7 Å². The van der Waals surface area contributed by atoms with Crippen LogP contribution in [0.15, 0.2) is 23.3 Å². The molecule has 0 unspecified atom stereocenters. The molecule has 4 rings (SSSR count). The van der Waals surface area contributed by atoms with E-state index >= 15 is 0 Å². The van der Waals surface area contributed by atoms with Crippen LogP contribution in [0.5, 0.6) is 0 Å². The fourth-order valence-corrected chi connectivity index (χ4v) is 3.71. The number of aromatic nitrogens is 4. The molecular weight excluding hydrogens is 296 g/mol. The number of hydrogen-bond donors (Lipinski definition) is 2. The Hall–Kier alpha value is -2.57. The van der Waals surface area contributed by atoms with Gasteiger partial charge in [0.1, 0.15) is 5.65 Å². The fraction of sp³-hybridized carbons (Fsp3) is 0.438. The van der Waals surface area contributed by atoms with E-state index in [-0.39, 0.29) is 23.6 Å². The van der Waals surface area contributed by atoms with Crippen molar-refractivity contribution < 1.29 is 9.53 Å². The van der Waals surface area contributed by atoms with Crippen LogP contribution in [0.25, 0.3) is 22.1 Å². The fourth-order valence-electron chi connectivity index (χ4n) is 3.71. The van der Waals surface area contributed by atoms with E-state index in [1.807, 2.05) is 16.8 Å². The summed E-state index contributed by atoms with van der Waals surface area (Å²) in [5, 5.41) is 0.941. The minimum Gasteiger partial charge on any atom is -0.469 e. The highest BCUT2D eigenvalue weighted by atomic mass is 16.5. The van der Waals surface area contributed by atoms with Crippen LogP contribution in [0.2, 0.25) is 0 Å². The smallest absolute Gasteiger partial charge is 0.326 e. The minimum absolute atomic E-state index is 0.0499. The largest absolute Gasteiger partial charge is 0.469 e. The van der Waals surface area contributed by atoms with E-state index in [2.05, 4.69) is 15.0 Å². The van der Waals surface area contributed by atoms with Crippen LogP contribution in [0.4, 0.5) is 0 Å². The maximum Gasteiger partial charge on any atom is 0.326 e. The van der Waals surface area contributed by atoms with Gasteiger partial charge in [-0.05, 0) is 31.7 Å². The van der Waals surface area contributed by atoms with Crippen LogP contribution < -0.4 is 5.69 Å². The number of methoxy groups -OCH3 is 1. The lowest BCUT2D eigenvalue weighted by Gasteiger charge is -2.27. The summed E-state index contributed by atoms with van der Waals surface area (Å²) in [6, 6.07) is 2.03. The Bertz CT molecular complexity index is 928. The molecule has 0 aromatic carbocycles. The quantitative estimate of drug-likeness (QED) is 0.709. The van der Waals surface area contributed by atoms with Crippen molar-refractivity contribution >= 4 is 28.0 Å². The highest BCUT2D eigenvalue weighted by molar-refractivity contribution is 6.00. The molecule has 3 aromatic heterocycles. The number of nitrogens with one attached hydrogen (secondary N) is 2. The highest BCUT2D eigenvalue weighted by Crippen LogP contribution is 2.34. The predicted molar refractivity (Wildman–Crippen MR) is 85.2 cm³/mol. The summed E-state index contributed by atoms with van der Waals surface area (Å²) < 4.78 is 6.66. The lowest BCUT2D eigenvalue weighted by atomic mass is 9.86. The molecule has 0 amide bonds. The van der Waals surface area contributed by atoms with Gasteiger partial charge in [-0.3, -0.25) is 9.36 Å². The number of pyridine rings is 1. The Labute approximate surface area is 131 Å². The highest BCUT2D eigenvalue weighted by Gasteiger charge is 2.29. The van der Waals surface area contributed by atoms with E-state index in [1.165, 1.54) is 7.11 Å². The lowest BCUT2D eigenvalue weighted by Crippen LogP contribution is -2.29. The molecule has 120 valence electrons. The van der Waals surface area contributed by atoms with Gasteiger partial charge in [-0.2, -0.15) is 0 Å². The number of rotatable bonds is 2. The molecule has 1 fully saturated rings. The maximum absolute atomic E-state index is 12.5. The van der Waals surface area contributed by atoms with Gasteiger partial charge in [-0.15, -0.1) is 0 Å². The van der Waals surface area contributed by atoms with Crippen molar-refractivity contribution in [2.24, 2.45) is 5.92 Å². The van der Waals surface area contributed by atoms with E-state index in [0.29, 0.717) is 0 Å². The van der Waals surface area contributed by atoms with Crippen LogP contribution in [0.3, 0.4) is 0 Å². The summed E-state index contributed by atoms with van der Waals surface area (Å²) >= 11 is 0. The number of H-pyrrole nitrogens is 2. The van der Waals surface area contributed by atoms with Crippen molar-refractivity contribution in [1.29, 1.82) is 0 Å². The molecule has 0 saturated heterocycles. The van der Waals surface area contributed by atoms with E-state index in [4.69, 9.17) is 4.74 Å². The molecule has 7 nitrogen and oxygen atoms in total. The average molecular weight is 314 g/mol. The first-order valence-electron chi connectivity index (χ1n) is 7.83. The number of hydrogen-bond acceptors (Lipinski definition) is 4. The number of aromatic amines is 2. The van der Waals surface area contributed by atoms with Crippen molar-refractivity contribution in [3.05, 3.63) is 28.9 Å². The van der Waals surface area contributed by atoms with Gasteiger partial charge in [-0.1, -0.05) is 0 Å². The van der Waals surface area contributed by atoms with Gasteiger partial charge in [0, 0.05) is 17.6 Å². The second kappa shape index (κ2) is 5.26. The van der Waals surface area contributed by atoms with Crippen molar-refractivity contribution in [3.8, 4) is 0 Å². The number of nitrogens with zero attached hydrogens (tertiary/aromatic N) is 2. The summed E-state index contributed by atoms with van der Waals surface area (Å²) in [5.41, 5.74) is 2.30. The summed E-state index contributed by atoms with van der Waals surface area (Å²) in [6.07, 6.45) is 6.59. The van der Waals surface area contributed by atoms with Crippen LogP contribution in [0.1, 0.15) is 31.7 Å². The Morgan fingerprint density at radius 2 is 2.13 bits per heavy atom. The standard InChI is InChI=1S/C16H18N4O3/c1-23-15(21)9-2-4-10(5-3-9)20-13-11-6-7-17-14(11)18-8-12(13)19-16(20)22/h6-10H,2-5H2,1H3,(H,17,18)(H,19,22)/t9-,10-. The van der Waals surface area contributed by atoms with Gasteiger partial charge in [0.2, 0.25) is 0 Å². The lowest BCUT2D eigenvalue weighted by molar-refractivity contribution is -0.146. The minimum atomic E-state index is -0.146. The molecule has 3 aromatic rings. The number of imidazole rings is 1. The number of carbonyl (C=O) groups excluding carboxylic acids is 1. The molecule has 0 atom stereocenters. The topological polar surface area (TPSA) is 92.8 Å². The molecule has 0 aliphatic heterocycles. The average Bonchev–Trinajstić information content (AvgIpc) is 3.17. The predicted octanol–water partition coefficient (Wildman–Crippen LogP) is 2.11. The van der Waals surface area contributed by atoms with E-state index in [1.54, 1.807) is 6.20 Å². The third-order valence-electron chi connectivity index (χ3n) is 4.86. The molecule has 0 radical (unpaired) electrons. The molecule has 0 spiro atoms. The molecule has 1 aliphatic carbocycles. The molecule has 1 saturated carbocycles. The van der Waals surface area contributed by atoms with Crippen molar-refractivity contribution in [1.82, 2.24) is 19.5 Å². The Morgan fingerprint density at radius 3 is 2.87 bits per heavy atom. The summed E-state index contributed by atoms with van der Waals surface area (Å²) in [5.74, 6) is -0.196. The van der Waals surface area contributed by atoms with Crippen LogP contribution in [-0.4, -0.2) is 32.6 Å². The van der Waals surface area contributed by atoms with Gasteiger partial charge in [-0.25, -0.2) is 9.78 Å². The van der Waals surface area contributed by atoms with E-state index in [0.717, 1.165) is 47.8 Å². The van der Waals surface area contributed by atoms with Gasteiger partial charge in [0.15, 0.2) is 0 Å². The zero-order valence-corrected chi connectivity index (χ0v) is 12.8. The zero-order valence-electron chi connectivity index (χ0n) is 12.8. The van der Waals surface area contributed by atoms with E-state index in [9.17, 15) is 9.59 Å². The first-order valence-corrected chi connectivity index (χ1v) is 7.83. The molecule has 23 heavy (non-hydrogen) atoms. The van der Waals surface area contributed by atoms with Gasteiger partial charge in [0.05, 0.1) is 30.3 Å². The molecule has 0 bridgehead atoms. The van der Waals surface area contributed by atoms with Gasteiger partial charge >= 0.3 is 11.7 Å². The monoisotopic (exact) mass is 314 g/mol. The molecule has 2 N–H and O–H groups in total. The second-order valence-electron chi connectivity index (χ2n) is 6.09. The van der Waals surface area contributed by atoms with Crippen molar-refractivity contribution in [2.75, 3.05) is 7.11 Å². The number of carbonyl (C=O) groups is 1. The summed E-state index contributed by atoms with van der Waals surface area (Å²) in [4.78, 5) is 34.4. The van der Waals surface area contributed by atoms with Crippen molar-refractivity contribution in [3.63, 3.8) is 0 Å². The molecule has 1 aliphatic rings. The normalized spacial score (nSPS) is 21.8. The Morgan fingerprint density at radius 1 is 1.35 bits per heavy atom. The summed E-state index contributed by atoms with van der Waals surface area (Å²) in [7, 11) is 1.42. The van der Waals surface area contributed by atoms with Crippen LogP contribution in [-0.2, 0) is 9.53 Å². The second-order valence-corrected chi connectivity index (χ2v) is 6.09. The zero-order chi connectivity index (χ0) is 16.0. The van der Waals surface area contributed by atoms with Crippen LogP contribution >= 0.6 is 0 Å². The number of esters is 1. The van der Waals surface area contributed by atoms with Gasteiger partial charge in [0.25, 0.3) is 0 Å². The SMILES string of the molecule is COC(=O)[C@H]1CC[C@H](n2c(=O)[nH]c3cnc4[nH]ccc4c32)CC1. The molecule has 3 heterocycles. The first kappa shape index (κ1) is 14.0. The molecule has 7 heteroatoms. The van der Waals surface area contributed by atoms with E-state index < -0.39 is 0 Å². The Kier molecular flexibility index (Phi) is 3.21. The molecular formula is C16H18N4O3. The maximum atomic E-state index is 12.5. The number of ether oxygens (including phenoxy) is 1. The third kappa shape index (κ3) is 2.15.